The average molecular weight is 389 g/mol. The van der Waals surface area contributed by atoms with Gasteiger partial charge in [0.2, 0.25) is 0 Å². The van der Waals surface area contributed by atoms with Crippen molar-refractivity contribution in [3.63, 3.8) is 0 Å². The van der Waals surface area contributed by atoms with E-state index in [0.29, 0.717) is 10.9 Å². The zero-order valence-electron chi connectivity index (χ0n) is 17.2. The molecule has 29 heavy (non-hydrogen) atoms. The van der Waals surface area contributed by atoms with Crippen LogP contribution in [0.4, 0.5) is 0 Å². The van der Waals surface area contributed by atoms with E-state index in [1.54, 1.807) is 0 Å². The van der Waals surface area contributed by atoms with Crippen LogP contribution in [0.3, 0.4) is 0 Å². The lowest BCUT2D eigenvalue weighted by molar-refractivity contribution is 0.0935. The zero-order chi connectivity index (χ0) is 20.4. The van der Waals surface area contributed by atoms with Crippen molar-refractivity contribution in [2.75, 3.05) is 0 Å². The normalized spacial score (nSPS) is 15.5. The minimum absolute atomic E-state index is 0.0247. The molecule has 4 rings (SSSR count). The maximum atomic E-state index is 13.5. The SMILES string of the molecule is CCC(NC(=O)c1c(C)n(C2CCCC2)c(=O)c2ccccc12)c1ccccc1. The van der Waals surface area contributed by atoms with Crippen molar-refractivity contribution in [1.29, 1.82) is 0 Å². The Balaban J connectivity index is 1.82. The second-order valence-electron chi connectivity index (χ2n) is 7.96. The Morgan fingerprint density at radius 2 is 1.66 bits per heavy atom. The first-order valence-corrected chi connectivity index (χ1v) is 10.6. The molecule has 1 N–H and O–H groups in total. The minimum atomic E-state index is -0.110. The molecule has 1 saturated carbocycles. The molecule has 0 radical (unpaired) electrons. The third kappa shape index (κ3) is 3.59. The fraction of sp³-hybridized carbons (Fsp3) is 0.360. The van der Waals surface area contributed by atoms with Crippen molar-refractivity contribution in [3.05, 3.63) is 81.8 Å². The summed E-state index contributed by atoms with van der Waals surface area (Å²) in [5.41, 5.74) is 2.52. The van der Waals surface area contributed by atoms with Gasteiger partial charge in [0.15, 0.2) is 0 Å². The molecule has 1 aliphatic carbocycles. The van der Waals surface area contributed by atoms with Gasteiger partial charge in [-0.05, 0) is 37.8 Å². The predicted octanol–water partition coefficient (Wildman–Crippen LogP) is 5.31. The average Bonchev–Trinajstić information content (AvgIpc) is 3.27. The molecule has 1 amide bonds. The molecule has 0 aliphatic heterocycles. The lowest BCUT2D eigenvalue weighted by atomic mass is 10.00. The van der Waals surface area contributed by atoms with Gasteiger partial charge in [-0.2, -0.15) is 0 Å². The standard InChI is InChI=1S/C25H28N2O2/c1-3-22(18-11-5-4-6-12-18)26-24(28)23-17(2)27(19-13-7-8-14-19)25(29)21-16-10-9-15-20(21)23/h4-6,9-12,15-16,19,22H,3,7-8,13-14H2,1-2H3,(H,26,28). The number of carbonyl (C=O) groups excluding carboxylic acids is 1. The summed E-state index contributed by atoms with van der Waals surface area (Å²) in [7, 11) is 0. The Bertz CT molecular complexity index is 1080. The molecular weight excluding hydrogens is 360 g/mol. The summed E-state index contributed by atoms with van der Waals surface area (Å²) in [6.07, 6.45) is 5.08. The van der Waals surface area contributed by atoms with Crippen LogP contribution in [0.15, 0.2) is 59.4 Å². The van der Waals surface area contributed by atoms with E-state index in [9.17, 15) is 9.59 Å². The Hall–Kier alpha value is -2.88. The summed E-state index contributed by atoms with van der Waals surface area (Å²) < 4.78 is 1.88. The molecule has 2 aromatic carbocycles. The Morgan fingerprint density at radius 1 is 1.03 bits per heavy atom. The highest BCUT2D eigenvalue weighted by atomic mass is 16.2. The molecule has 1 fully saturated rings. The zero-order valence-corrected chi connectivity index (χ0v) is 17.2. The number of carbonyl (C=O) groups is 1. The van der Waals surface area contributed by atoms with Crippen LogP contribution in [0.5, 0.6) is 0 Å². The Kier molecular flexibility index (Phi) is 5.52. The fourth-order valence-corrected chi connectivity index (χ4v) is 4.71. The first kappa shape index (κ1) is 19.4. The van der Waals surface area contributed by atoms with E-state index in [2.05, 4.69) is 12.2 Å². The lowest BCUT2D eigenvalue weighted by Crippen LogP contribution is -2.33. The van der Waals surface area contributed by atoms with E-state index in [0.717, 1.165) is 48.7 Å². The van der Waals surface area contributed by atoms with E-state index in [-0.39, 0.29) is 23.6 Å². The smallest absolute Gasteiger partial charge is 0.258 e. The van der Waals surface area contributed by atoms with E-state index in [1.807, 2.05) is 66.1 Å². The number of nitrogens with one attached hydrogen (secondary N) is 1. The van der Waals surface area contributed by atoms with Crippen molar-refractivity contribution in [1.82, 2.24) is 9.88 Å². The summed E-state index contributed by atoms with van der Waals surface area (Å²) in [6, 6.07) is 17.7. The Morgan fingerprint density at radius 3 is 2.31 bits per heavy atom. The van der Waals surface area contributed by atoms with E-state index in [4.69, 9.17) is 0 Å². The maximum absolute atomic E-state index is 13.5. The Labute approximate surface area is 171 Å². The monoisotopic (exact) mass is 388 g/mol. The van der Waals surface area contributed by atoms with Crippen molar-refractivity contribution >= 4 is 16.7 Å². The molecule has 4 nitrogen and oxygen atoms in total. The van der Waals surface area contributed by atoms with Gasteiger partial charge in [-0.25, -0.2) is 0 Å². The van der Waals surface area contributed by atoms with Crippen LogP contribution in [0.1, 0.15) is 72.7 Å². The molecule has 1 aromatic heterocycles. The molecule has 4 heteroatoms. The quantitative estimate of drug-likeness (QED) is 0.644. The van der Waals surface area contributed by atoms with Crippen molar-refractivity contribution in [2.45, 2.75) is 58.0 Å². The molecule has 1 atom stereocenters. The molecule has 0 saturated heterocycles. The number of rotatable bonds is 5. The minimum Gasteiger partial charge on any atom is -0.345 e. The molecule has 0 bridgehead atoms. The number of aromatic nitrogens is 1. The lowest BCUT2D eigenvalue weighted by Gasteiger charge is -2.23. The second-order valence-corrected chi connectivity index (χ2v) is 7.96. The summed E-state index contributed by atoms with van der Waals surface area (Å²) in [5, 5.41) is 4.58. The van der Waals surface area contributed by atoms with Crippen LogP contribution in [-0.4, -0.2) is 10.5 Å². The van der Waals surface area contributed by atoms with E-state index >= 15 is 0 Å². The predicted molar refractivity (Wildman–Crippen MR) is 117 cm³/mol. The first-order valence-electron chi connectivity index (χ1n) is 10.6. The molecule has 1 aliphatic rings. The third-order valence-electron chi connectivity index (χ3n) is 6.20. The van der Waals surface area contributed by atoms with Crippen LogP contribution < -0.4 is 10.9 Å². The van der Waals surface area contributed by atoms with Crippen LogP contribution in [0.25, 0.3) is 10.8 Å². The van der Waals surface area contributed by atoms with Gasteiger partial charge in [-0.3, -0.25) is 9.59 Å². The topological polar surface area (TPSA) is 51.1 Å². The third-order valence-corrected chi connectivity index (χ3v) is 6.20. The molecule has 150 valence electrons. The van der Waals surface area contributed by atoms with Crippen molar-refractivity contribution in [2.24, 2.45) is 0 Å². The van der Waals surface area contributed by atoms with Gasteiger partial charge in [-0.1, -0.05) is 68.3 Å². The van der Waals surface area contributed by atoms with Gasteiger partial charge >= 0.3 is 0 Å². The fourth-order valence-electron chi connectivity index (χ4n) is 4.71. The first-order chi connectivity index (χ1) is 14.1. The van der Waals surface area contributed by atoms with Crippen molar-refractivity contribution < 1.29 is 4.79 Å². The van der Waals surface area contributed by atoms with Gasteiger partial charge < -0.3 is 9.88 Å². The van der Waals surface area contributed by atoms with Crippen LogP contribution in [0, 0.1) is 6.92 Å². The summed E-state index contributed by atoms with van der Waals surface area (Å²) in [5.74, 6) is -0.110. The highest BCUT2D eigenvalue weighted by molar-refractivity contribution is 6.07. The molecule has 1 unspecified atom stereocenters. The number of fused-ring (bicyclic) bond motifs is 1. The van der Waals surface area contributed by atoms with Crippen LogP contribution >= 0.6 is 0 Å². The number of nitrogens with zero attached hydrogens (tertiary/aromatic N) is 1. The maximum Gasteiger partial charge on any atom is 0.258 e. The molecule has 3 aromatic rings. The molecule has 1 heterocycles. The number of hydrogen-bond acceptors (Lipinski definition) is 2. The summed E-state index contributed by atoms with van der Waals surface area (Å²) >= 11 is 0. The largest absolute Gasteiger partial charge is 0.345 e. The van der Waals surface area contributed by atoms with Gasteiger partial charge in [0.1, 0.15) is 0 Å². The van der Waals surface area contributed by atoms with Crippen LogP contribution in [-0.2, 0) is 0 Å². The summed E-state index contributed by atoms with van der Waals surface area (Å²) in [6.45, 7) is 3.99. The van der Waals surface area contributed by atoms with Gasteiger partial charge in [-0.15, -0.1) is 0 Å². The van der Waals surface area contributed by atoms with Crippen molar-refractivity contribution in [3.8, 4) is 0 Å². The molecular formula is C25H28N2O2. The summed E-state index contributed by atoms with van der Waals surface area (Å²) in [4.78, 5) is 26.7. The second kappa shape index (κ2) is 8.24. The number of pyridine rings is 1. The van der Waals surface area contributed by atoms with Crippen LogP contribution in [0.2, 0.25) is 0 Å². The number of benzene rings is 2. The highest BCUT2D eigenvalue weighted by Gasteiger charge is 2.26. The highest BCUT2D eigenvalue weighted by Crippen LogP contribution is 2.32. The van der Waals surface area contributed by atoms with E-state index in [1.165, 1.54) is 0 Å². The van der Waals surface area contributed by atoms with E-state index < -0.39 is 0 Å². The van der Waals surface area contributed by atoms with Gasteiger partial charge in [0, 0.05) is 22.5 Å². The van der Waals surface area contributed by atoms with Gasteiger partial charge in [0.25, 0.3) is 11.5 Å². The van der Waals surface area contributed by atoms with Gasteiger partial charge in [0.05, 0.1) is 11.6 Å². The number of hydrogen-bond donors (Lipinski definition) is 1. The number of amides is 1. The molecule has 0 spiro atoms.